The van der Waals surface area contributed by atoms with Crippen molar-refractivity contribution >= 4 is 16.9 Å². The number of fused-ring (bicyclic) bond motifs is 1. The number of hydrogen-bond acceptors (Lipinski definition) is 4. The molecule has 2 heterocycles. The highest BCUT2D eigenvalue weighted by Crippen LogP contribution is 2.19. The molecule has 1 saturated carbocycles. The average molecular weight is 358 g/mol. The lowest BCUT2D eigenvalue weighted by atomic mass is 10.1. The van der Waals surface area contributed by atoms with E-state index in [9.17, 15) is 4.79 Å². The highest BCUT2D eigenvalue weighted by Gasteiger charge is 2.15. The fourth-order valence-electron chi connectivity index (χ4n) is 3.70. The van der Waals surface area contributed by atoms with Crippen molar-refractivity contribution in [3.05, 3.63) is 23.5 Å². The van der Waals surface area contributed by atoms with Crippen molar-refractivity contribution in [3.63, 3.8) is 0 Å². The smallest absolute Gasteiger partial charge is 0.253 e. The first-order valence-electron chi connectivity index (χ1n) is 9.92. The highest BCUT2D eigenvalue weighted by atomic mass is 16.1. The molecule has 0 aliphatic heterocycles. The molecule has 2 N–H and O–H groups in total. The zero-order valence-corrected chi connectivity index (χ0v) is 16.2. The van der Waals surface area contributed by atoms with Gasteiger partial charge in [-0.15, -0.1) is 0 Å². The molecular weight excluding hydrogens is 326 g/mol. The number of aromatic nitrogens is 3. The van der Waals surface area contributed by atoms with Gasteiger partial charge in [0, 0.05) is 30.6 Å². The minimum Gasteiger partial charge on any atom is -0.351 e. The first-order chi connectivity index (χ1) is 12.6. The normalized spacial score (nSPS) is 16.2. The van der Waals surface area contributed by atoms with Gasteiger partial charge in [-0.05, 0) is 39.7 Å². The monoisotopic (exact) mass is 357 g/mol. The Morgan fingerprint density at radius 2 is 1.96 bits per heavy atom. The van der Waals surface area contributed by atoms with Crippen molar-refractivity contribution in [1.29, 1.82) is 0 Å². The fourth-order valence-corrected chi connectivity index (χ4v) is 3.70. The maximum atomic E-state index is 12.5. The molecule has 0 saturated heterocycles. The van der Waals surface area contributed by atoms with Crippen LogP contribution in [-0.2, 0) is 0 Å². The van der Waals surface area contributed by atoms with Crippen LogP contribution >= 0.6 is 0 Å². The SMILES string of the molecule is Cc1nc2c(cnn2C(C)C)cc1C(=O)NCCNC1CCCCCC1. The predicted octanol–water partition coefficient (Wildman–Crippen LogP) is 3.36. The molecule has 142 valence electrons. The Morgan fingerprint density at radius 3 is 2.65 bits per heavy atom. The standard InChI is InChI=1S/C20H31N5O/c1-14(2)25-19-16(13-23-25)12-18(15(3)24-19)20(26)22-11-10-21-17-8-6-4-5-7-9-17/h12-14,17,21H,4-11H2,1-3H3,(H,22,26). The van der Waals surface area contributed by atoms with E-state index in [1.807, 2.05) is 17.7 Å². The molecule has 0 atom stereocenters. The zero-order chi connectivity index (χ0) is 18.5. The Balaban J connectivity index is 1.56. The van der Waals surface area contributed by atoms with E-state index < -0.39 is 0 Å². The minimum absolute atomic E-state index is 0.0585. The molecule has 2 aromatic heterocycles. The van der Waals surface area contributed by atoms with E-state index in [0.717, 1.165) is 23.3 Å². The molecule has 1 aliphatic carbocycles. The van der Waals surface area contributed by atoms with Crippen LogP contribution in [0, 0.1) is 6.92 Å². The van der Waals surface area contributed by atoms with Gasteiger partial charge >= 0.3 is 0 Å². The molecular formula is C20H31N5O. The highest BCUT2D eigenvalue weighted by molar-refractivity contribution is 5.98. The number of hydrogen-bond donors (Lipinski definition) is 2. The summed E-state index contributed by atoms with van der Waals surface area (Å²) in [5.41, 5.74) is 2.22. The van der Waals surface area contributed by atoms with Gasteiger partial charge in [0.05, 0.1) is 17.5 Å². The molecule has 0 spiro atoms. The summed E-state index contributed by atoms with van der Waals surface area (Å²) >= 11 is 0. The number of rotatable bonds is 6. The number of carbonyl (C=O) groups excluding carboxylic acids is 1. The van der Waals surface area contributed by atoms with Gasteiger partial charge in [-0.3, -0.25) is 4.79 Å². The van der Waals surface area contributed by atoms with Gasteiger partial charge in [-0.2, -0.15) is 5.10 Å². The number of amides is 1. The summed E-state index contributed by atoms with van der Waals surface area (Å²) < 4.78 is 1.89. The summed E-state index contributed by atoms with van der Waals surface area (Å²) in [5.74, 6) is -0.0585. The summed E-state index contributed by atoms with van der Waals surface area (Å²) in [5, 5.41) is 11.9. The first kappa shape index (κ1) is 18.8. The van der Waals surface area contributed by atoms with Crippen LogP contribution < -0.4 is 10.6 Å². The second-order valence-corrected chi connectivity index (χ2v) is 7.62. The lowest BCUT2D eigenvalue weighted by molar-refractivity contribution is 0.0952. The molecule has 3 rings (SSSR count). The number of carbonyl (C=O) groups is 1. The van der Waals surface area contributed by atoms with Crippen LogP contribution in [0.1, 0.15) is 74.5 Å². The van der Waals surface area contributed by atoms with Gasteiger partial charge < -0.3 is 10.6 Å². The number of pyridine rings is 1. The third-order valence-corrected chi connectivity index (χ3v) is 5.19. The van der Waals surface area contributed by atoms with Crippen LogP contribution in [0.3, 0.4) is 0 Å². The van der Waals surface area contributed by atoms with Gasteiger partial charge in [0.2, 0.25) is 0 Å². The predicted molar refractivity (Wildman–Crippen MR) is 104 cm³/mol. The third kappa shape index (κ3) is 4.41. The van der Waals surface area contributed by atoms with Crippen LogP contribution in [-0.4, -0.2) is 39.8 Å². The molecule has 26 heavy (non-hydrogen) atoms. The van der Waals surface area contributed by atoms with E-state index in [-0.39, 0.29) is 11.9 Å². The van der Waals surface area contributed by atoms with Crippen LogP contribution in [0.2, 0.25) is 0 Å². The van der Waals surface area contributed by atoms with E-state index in [0.29, 0.717) is 18.2 Å². The molecule has 1 amide bonds. The number of nitrogens with zero attached hydrogens (tertiary/aromatic N) is 3. The third-order valence-electron chi connectivity index (χ3n) is 5.19. The Morgan fingerprint density at radius 1 is 1.23 bits per heavy atom. The Bertz CT molecular complexity index is 744. The molecule has 2 aromatic rings. The van der Waals surface area contributed by atoms with Crippen LogP contribution in [0.25, 0.3) is 11.0 Å². The number of nitrogens with one attached hydrogen (secondary N) is 2. The number of aryl methyl sites for hydroxylation is 1. The molecule has 0 radical (unpaired) electrons. The first-order valence-corrected chi connectivity index (χ1v) is 9.92. The maximum absolute atomic E-state index is 12.5. The summed E-state index contributed by atoms with van der Waals surface area (Å²) in [6.07, 6.45) is 9.65. The van der Waals surface area contributed by atoms with Crippen molar-refractivity contribution in [3.8, 4) is 0 Å². The molecule has 6 heteroatoms. The fraction of sp³-hybridized carbons (Fsp3) is 0.650. The summed E-state index contributed by atoms with van der Waals surface area (Å²) in [7, 11) is 0. The average Bonchev–Trinajstić information content (AvgIpc) is 2.84. The van der Waals surface area contributed by atoms with Crippen LogP contribution in [0.5, 0.6) is 0 Å². The molecule has 1 aliphatic rings. The van der Waals surface area contributed by atoms with E-state index in [1.165, 1.54) is 38.5 Å². The zero-order valence-electron chi connectivity index (χ0n) is 16.2. The maximum Gasteiger partial charge on any atom is 0.253 e. The van der Waals surface area contributed by atoms with Gasteiger partial charge in [0.1, 0.15) is 0 Å². The van der Waals surface area contributed by atoms with Gasteiger partial charge in [-0.25, -0.2) is 9.67 Å². The molecule has 1 fully saturated rings. The van der Waals surface area contributed by atoms with Gasteiger partial charge in [0.25, 0.3) is 5.91 Å². The van der Waals surface area contributed by atoms with E-state index in [2.05, 4.69) is 34.6 Å². The van der Waals surface area contributed by atoms with Crippen molar-refractivity contribution in [2.45, 2.75) is 71.4 Å². The van der Waals surface area contributed by atoms with Crippen LogP contribution in [0.4, 0.5) is 0 Å². The Hall–Kier alpha value is -1.95. The van der Waals surface area contributed by atoms with Crippen molar-refractivity contribution < 1.29 is 4.79 Å². The molecule has 0 bridgehead atoms. The van der Waals surface area contributed by atoms with E-state index >= 15 is 0 Å². The van der Waals surface area contributed by atoms with Crippen molar-refractivity contribution in [1.82, 2.24) is 25.4 Å². The van der Waals surface area contributed by atoms with Crippen LogP contribution in [0.15, 0.2) is 12.3 Å². The van der Waals surface area contributed by atoms with Gasteiger partial charge in [0.15, 0.2) is 5.65 Å². The lowest BCUT2D eigenvalue weighted by Gasteiger charge is -2.16. The van der Waals surface area contributed by atoms with Crippen molar-refractivity contribution in [2.75, 3.05) is 13.1 Å². The Kier molecular flexibility index (Phi) is 6.25. The van der Waals surface area contributed by atoms with E-state index in [4.69, 9.17) is 0 Å². The minimum atomic E-state index is -0.0585. The van der Waals surface area contributed by atoms with Crippen molar-refractivity contribution in [2.24, 2.45) is 0 Å². The van der Waals surface area contributed by atoms with Gasteiger partial charge in [-0.1, -0.05) is 25.7 Å². The topological polar surface area (TPSA) is 71.8 Å². The largest absolute Gasteiger partial charge is 0.351 e. The molecule has 0 unspecified atom stereocenters. The van der Waals surface area contributed by atoms with E-state index in [1.54, 1.807) is 6.20 Å². The second-order valence-electron chi connectivity index (χ2n) is 7.62. The summed E-state index contributed by atoms with van der Waals surface area (Å²) in [4.78, 5) is 17.2. The molecule has 6 nitrogen and oxygen atoms in total. The lowest BCUT2D eigenvalue weighted by Crippen LogP contribution is -2.37. The Labute approximate surface area is 155 Å². The second kappa shape index (κ2) is 8.62. The summed E-state index contributed by atoms with van der Waals surface area (Å²) in [6, 6.07) is 2.75. The molecule has 0 aromatic carbocycles. The quantitative estimate of drug-likeness (QED) is 0.614. The summed E-state index contributed by atoms with van der Waals surface area (Å²) in [6.45, 7) is 7.49.